The number of halogens is 3. The van der Waals surface area contributed by atoms with Crippen LogP contribution in [-0.2, 0) is 15.7 Å². The normalized spacial score (nSPS) is 14.5. The predicted molar refractivity (Wildman–Crippen MR) is 101 cm³/mol. The number of imide groups is 1. The van der Waals surface area contributed by atoms with Crippen LogP contribution in [0.5, 0.6) is 0 Å². The number of rotatable bonds is 5. The van der Waals surface area contributed by atoms with Crippen LogP contribution < -0.4 is 10.6 Å². The fourth-order valence-electron chi connectivity index (χ4n) is 2.69. The molecule has 1 atom stereocenters. The Labute approximate surface area is 170 Å². The summed E-state index contributed by atoms with van der Waals surface area (Å²) in [5.41, 5.74) is 0.0205. The molecule has 1 aliphatic rings. The number of hydrogen-bond acceptors (Lipinski definition) is 4. The van der Waals surface area contributed by atoms with E-state index in [1.807, 2.05) is 0 Å². The maximum absolute atomic E-state index is 12.8. The number of nitrogens with one attached hydrogen (secondary N) is 2. The van der Waals surface area contributed by atoms with Gasteiger partial charge in [0.05, 0.1) is 11.1 Å². The van der Waals surface area contributed by atoms with Gasteiger partial charge in [0.2, 0.25) is 0 Å². The van der Waals surface area contributed by atoms with E-state index in [-0.39, 0.29) is 11.6 Å². The summed E-state index contributed by atoms with van der Waals surface area (Å²) < 4.78 is 43.5. The van der Waals surface area contributed by atoms with Gasteiger partial charge in [-0.25, -0.2) is 9.59 Å². The predicted octanol–water partition coefficient (Wildman–Crippen LogP) is 3.91. The van der Waals surface area contributed by atoms with Crippen LogP contribution in [0.3, 0.4) is 0 Å². The summed E-state index contributed by atoms with van der Waals surface area (Å²) in [5.74, 6) is -1.62. The van der Waals surface area contributed by atoms with Crippen LogP contribution in [0.4, 0.5) is 18.0 Å². The van der Waals surface area contributed by atoms with Gasteiger partial charge in [-0.15, -0.1) is 0 Å². The van der Waals surface area contributed by atoms with Crippen LogP contribution in [-0.4, -0.2) is 30.1 Å². The van der Waals surface area contributed by atoms with Crippen molar-refractivity contribution in [3.05, 3.63) is 59.7 Å². The third kappa shape index (κ3) is 5.37. The van der Waals surface area contributed by atoms with Gasteiger partial charge in [-0.1, -0.05) is 30.3 Å². The molecule has 2 N–H and O–H groups in total. The van der Waals surface area contributed by atoms with E-state index in [9.17, 15) is 27.6 Å². The molecule has 1 saturated carbocycles. The maximum Gasteiger partial charge on any atom is 0.416 e. The number of carbonyl (C=O) groups excluding carboxylic acids is 3. The standard InChI is InChI=1S/C21H19F3N2O4/c1-12(18(27)26-20(29)25-15-10-11-15)30-19(28)17-5-3-2-4-16(17)13-6-8-14(9-7-13)21(22,23)24/h2-9,12,15H,10-11H2,1H3,(H2,25,26,27,29). The first kappa shape index (κ1) is 21.4. The molecule has 9 heteroatoms. The van der Waals surface area contributed by atoms with E-state index in [0.717, 1.165) is 25.0 Å². The fourth-order valence-corrected chi connectivity index (χ4v) is 2.69. The zero-order chi connectivity index (χ0) is 21.9. The number of amides is 3. The average molecular weight is 420 g/mol. The van der Waals surface area contributed by atoms with E-state index in [2.05, 4.69) is 10.6 Å². The molecule has 0 spiro atoms. The Kier molecular flexibility index (Phi) is 6.09. The maximum atomic E-state index is 12.8. The zero-order valence-corrected chi connectivity index (χ0v) is 16.0. The van der Waals surface area contributed by atoms with Gasteiger partial charge < -0.3 is 10.1 Å². The number of carbonyl (C=O) groups is 3. The van der Waals surface area contributed by atoms with E-state index in [1.165, 1.54) is 25.1 Å². The van der Waals surface area contributed by atoms with Gasteiger partial charge in [0.15, 0.2) is 6.10 Å². The number of urea groups is 1. The molecule has 1 aliphatic carbocycles. The van der Waals surface area contributed by atoms with E-state index in [0.29, 0.717) is 11.1 Å². The lowest BCUT2D eigenvalue weighted by atomic mass is 9.98. The first-order valence-electron chi connectivity index (χ1n) is 9.24. The van der Waals surface area contributed by atoms with Crippen molar-refractivity contribution in [1.82, 2.24) is 10.6 Å². The van der Waals surface area contributed by atoms with Crippen molar-refractivity contribution < 1.29 is 32.3 Å². The van der Waals surface area contributed by atoms with Crippen LogP contribution in [0.1, 0.15) is 35.7 Å². The van der Waals surface area contributed by atoms with E-state index in [4.69, 9.17) is 4.74 Å². The summed E-state index contributed by atoms with van der Waals surface area (Å²) in [6.07, 6.45) is -4.01. The Morgan fingerprint density at radius 1 is 1.03 bits per heavy atom. The van der Waals surface area contributed by atoms with E-state index < -0.39 is 35.8 Å². The molecule has 0 aromatic heterocycles. The van der Waals surface area contributed by atoms with E-state index in [1.54, 1.807) is 18.2 Å². The molecule has 0 aliphatic heterocycles. The topological polar surface area (TPSA) is 84.5 Å². The second-order valence-corrected chi connectivity index (χ2v) is 6.91. The quantitative estimate of drug-likeness (QED) is 0.719. The molecule has 1 unspecified atom stereocenters. The Bertz CT molecular complexity index is 953. The minimum absolute atomic E-state index is 0.0614. The van der Waals surface area contributed by atoms with Crippen molar-refractivity contribution in [3.63, 3.8) is 0 Å². The Morgan fingerprint density at radius 2 is 1.67 bits per heavy atom. The van der Waals surface area contributed by atoms with Crippen molar-refractivity contribution in [2.75, 3.05) is 0 Å². The van der Waals surface area contributed by atoms with Gasteiger partial charge in [-0.3, -0.25) is 10.1 Å². The molecule has 0 radical (unpaired) electrons. The largest absolute Gasteiger partial charge is 0.449 e. The lowest BCUT2D eigenvalue weighted by Gasteiger charge is -2.15. The van der Waals surface area contributed by atoms with Crippen LogP contribution in [0.2, 0.25) is 0 Å². The molecule has 1 fully saturated rings. The monoisotopic (exact) mass is 420 g/mol. The third-order valence-corrected chi connectivity index (χ3v) is 4.47. The second kappa shape index (κ2) is 8.56. The number of ether oxygens (including phenoxy) is 1. The Morgan fingerprint density at radius 3 is 2.27 bits per heavy atom. The summed E-state index contributed by atoms with van der Waals surface area (Å²) >= 11 is 0. The molecular formula is C21H19F3N2O4. The molecule has 2 aromatic carbocycles. The minimum atomic E-state index is -4.47. The highest BCUT2D eigenvalue weighted by Gasteiger charge is 2.30. The summed E-state index contributed by atoms with van der Waals surface area (Å²) in [6.45, 7) is 1.32. The molecule has 6 nitrogen and oxygen atoms in total. The lowest BCUT2D eigenvalue weighted by molar-refractivity contribution is -0.137. The molecule has 158 valence electrons. The zero-order valence-electron chi connectivity index (χ0n) is 16.0. The summed E-state index contributed by atoms with van der Waals surface area (Å²) in [6, 6.07) is 9.97. The average Bonchev–Trinajstić information content (AvgIpc) is 3.51. The van der Waals surface area contributed by atoms with Gasteiger partial charge in [0.1, 0.15) is 0 Å². The van der Waals surface area contributed by atoms with Gasteiger partial charge in [0, 0.05) is 6.04 Å². The highest BCUT2D eigenvalue weighted by molar-refractivity contribution is 6.01. The van der Waals surface area contributed by atoms with Gasteiger partial charge >= 0.3 is 18.2 Å². The Balaban J connectivity index is 1.70. The fraction of sp³-hybridized carbons (Fsp3) is 0.286. The van der Waals surface area contributed by atoms with E-state index >= 15 is 0 Å². The molecule has 0 saturated heterocycles. The first-order chi connectivity index (χ1) is 14.1. The van der Waals surface area contributed by atoms with Crippen molar-refractivity contribution in [3.8, 4) is 11.1 Å². The van der Waals surface area contributed by atoms with Crippen LogP contribution in [0.25, 0.3) is 11.1 Å². The third-order valence-electron chi connectivity index (χ3n) is 4.47. The van der Waals surface area contributed by atoms with Crippen molar-refractivity contribution >= 4 is 17.9 Å². The van der Waals surface area contributed by atoms with Crippen LogP contribution >= 0.6 is 0 Å². The van der Waals surface area contributed by atoms with Gasteiger partial charge in [-0.2, -0.15) is 13.2 Å². The smallest absolute Gasteiger partial charge is 0.416 e. The van der Waals surface area contributed by atoms with Crippen LogP contribution in [0, 0.1) is 0 Å². The van der Waals surface area contributed by atoms with Crippen LogP contribution in [0.15, 0.2) is 48.5 Å². The van der Waals surface area contributed by atoms with Gasteiger partial charge in [-0.05, 0) is 49.1 Å². The molecule has 0 heterocycles. The number of alkyl halides is 3. The number of hydrogen-bond donors (Lipinski definition) is 2. The van der Waals surface area contributed by atoms with Crippen molar-refractivity contribution in [2.24, 2.45) is 0 Å². The SMILES string of the molecule is CC(OC(=O)c1ccccc1-c1ccc(C(F)(F)F)cc1)C(=O)NC(=O)NC1CC1. The molecule has 3 rings (SSSR count). The highest BCUT2D eigenvalue weighted by atomic mass is 19.4. The molecule has 2 aromatic rings. The summed E-state index contributed by atoms with van der Waals surface area (Å²) in [5, 5.41) is 4.68. The Hall–Kier alpha value is -3.36. The summed E-state index contributed by atoms with van der Waals surface area (Å²) in [7, 11) is 0. The van der Waals surface area contributed by atoms with Crippen molar-refractivity contribution in [2.45, 2.75) is 38.1 Å². The number of benzene rings is 2. The minimum Gasteiger partial charge on any atom is -0.449 e. The summed E-state index contributed by atoms with van der Waals surface area (Å²) in [4.78, 5) is 36.3. The first-order valence-corrected chi connectivity index (χ1v) is 9.24. The van der Waals surface area contributed by atoms with Crippen molar-refractivity contribution in [1.29, 1.82) is 0 Å². The second-order valence-electron chi connectivity index (χ2n) is 6.91. The number of esters is 1. The highest BCUT2D eigenvalue weighted by Crippen LogP contribution is 2.32. The van der Waals surface area contributed by atoms with Gasteiger partial charge in [0.25, 0.3) is 5.91 Å². The molecular weight excluding hydrogens is 401 g/mol. The molecule has 30 heavy (non-hydrogen) atoms. The molecule has 0 bridgehead atoms. The lowest BCUT2D eigenvalue weighted by Crippen LogP contribution is -2.45. The molecule has 3 amide bonds.